The van der Waals surface area contributed by atoms with E-state index in [1.165, 1.54) is 18.2 Å². The lowest BCUT2D eigenvalue weighted by molar-refractivity contribution is -0.145. The van der Waals surface area contributed by atoms with Crippen LogP contribution in [-0.4, -0.2) is 66.6 Å². The Morgan fingerprint density at radius 2 is 1.70 bits per heavy atom. The number of nitrogens with zero attached hydrogens (tertiary/aromatic N) is 1. The Balaban J connectivity index is 1.42. The molecule has 0 aromatic heterocycles. The number of carbonyl (C=O) groups is 5. The summed E-state index contributed by atoms with van der Waals surface area (Å²) in [5.74, 6) is -15.1. The number of piperidine rings is 1. The lowest BCUT2D eigenvalue weighted by Gasteiger charge is -2.32. The number of Topliss-reactive ketones (excluding diaryl/α,β-unsaturated/α-hetero) is 1. The van der Waals surface area contributed by atoms with Gasteiger partial charge in [-0.15, -0.1) is 0 Å². The lowest BCUT2D eigenvalue weighted by Crippen LogP contribution is -2.52. The molecule has 3 atom stereocenters. The molecule has 3 unspecified atom stereocenters. The molecule has 10 nitrogen and oxygen atoms in total. The summed E-state index contributed by atoms with van der Waals surface area (Å²) in [4.78, 5) is 64.7. The van der Waals surface area contributed by atoms with Gasteiger partial charge in [-0.05, 0) is 37.8 Å². The molecule has 2 fully saturated rings. The Kier molecular flexibility index (Phi) is 9.93. The summed E-state index contributed by atoms with van der Waals surface area (Å²) in [5.41, 5.74) is -0.201. The first-order valence-electron chi connectivity index (χ1n) is 13.4. The second-order valence-corrected chi connectivity index (χ2v) is 10.2. The van der Waals surface area contributed by atoms with E-state index in [0.29, 0.717) is 19.4 Å². The maximum absolute atomic E-state index is 14.0. The van der Waals surface area contributed by atoms with Crippen LogP contribution in [0.1, 0.15) is 25.7 Å². The topological polar surface area (TPSA) is 134 Å². The van der Waals surface area contributed by atoms with Crippen molar-refractivity contribution in [3.63, 3.8) is 0 Å². The number of likely N-dealkylation sites (tertiary alicyclic amines) is 1. The molecule has 2 aliphatic heterocycles. The second-order valence-electron chi connectivity index (χ2n) is 10.2. The maximum Gasteiger partial charge on any atom is 0.313 e. The standard InChI is InChI=1S/C28H27F5N4O6/c29-16-5-1-2-6-19(16)35-27(41)28(42)37-9-3-4-15(12-37)26(40)36-20(10-14-7-8-34-25(14)39)21(38)13-43-24-22(32)17(30)11-18(31)23(24)33/h1-2,5-6,11,14-15,20H,3-4,7-10,12-13H2,(H,34,39)(H,35,41)(H,36,40). The number of halogens is 5. The van der Waals surface area contributed by atoms with Gasteiger partial charge in [0.15, 0.2) is 23.2 Å². The molecule has 3 N–H and O–H groups in total. The van der Waals surface area contributed by atoms with Crippen LogP contribution in [0.15, 0.2) is 30.3 Å². The minimum Gasteiger partial charge on any atom is -0.479 e. The van der Waals surface area contributed by atoms with E-state index in [0.717, 1.165) is 11.0 Å². The Labute approximate surface area is 241 Å². The van der Waals surface area contributed by atoms with E-state index in [1.54, 1.807) is 0 Å². The lowest BCUT2D eigenvalue weighted by atomic mass is 9.93. The quantitative estimate of drug-likeness (QED) is 0.227. The highest BCUT2D eigenvalue weighted by Gasteiger charge is 2.36. The molecule has 0 spiro atoms. The molecule has 2 aromatic carbocycles. The third kappa shape index (κ3) is 7.45. The highest BCUT2D eigenvalue weighted by molar-refractivity contribution is 6.39. The predicted octanol–water partition coefficient (Wildman–Crippen LogP) is 2.22. The molecule has 2 aliphatic rings. The van der Waals surface area contributed by atoms with Gasteiger partial charge in [0.25, 0.3) is 0 Å². The number of hydrogen-bond acceptors (Lipinski definition) is 6. The average Bonchev–Trinajstić information content (AvgIpc) is 3.40. The van der Waals surface area contributed by atoms with Gasteiger partial charge in [-0.2, -0.15) is 8.78 Å². The number of ketones is 1. The fourth-order valence-electron chi connectivity index (χ4n) is 4.89. The Bertz CT molecular complexity index is 1410. The van der Waals surface area contributed by atoms with Crippen molar-refractivity contribution >= 4 is 35.1 Å². The van der Waals surface area contributed by atoms with E-state index in [-0.39, 0.29) is 43.6 Å². The summed E-state index contributed by atoms with van der Waals surface area (Å²) in [6.07, 6.45) is 0.710. The van der Waals surface area contributed by atoms with Crippen molar-refractivity contribution in [3.8, 4) is 5.75 Å². The zero-order chi connectivity index (χ0) is 31.3. The minimum atomic E-state index is -1.85. The van der Waals surface area contributed by atoms with Crippen LogP contribution in [0.4, 0.5) is 27.6 Å². The Morgan fingerprint density at radius 3 is 2.35 bits per heavy atom. The number of benzene rings is 2. The van der Waals surface area contributed by atoms with E-state index in [2.05, 4.69) is 16.0 Å². The van der Waals surface area contributed by atoms with Gasteiger partial charge in [-0.1, -0.05) is 12.1 Å². The molecule has 0 aliphatic carbocycles. The number of anilines is 1. The van der Waals surface area contributed by atoms with Crippen molar-refractivity contribution < 1.29 is 50.7 Å². The van der Waals surface area contributed by atoms with Crippen molar-refractivity contribution in [1.29, 1.82) is 0 Å². The molecule has 4 rings (SSSR count). The molecule has 0 bridgehead atoms. The van der Waals surface area contributed by atoms with Gasteiger partial charge >= 0.3 is 11.8 Å². The molecule has 2 saturated heterocycles. The number of carbonyl (C=O) groups excluding carboxylic acids is 5. The van der Waals surface area contributed by atoms with Crippen LogP contribution in [0.25, 0.3) is 0 Å². The van der Waals surface area contributed by atoms with E-state index < -0.39 is 82.8 Å². The summed E-state index contributed by atoms with van der Waals surface area (Å²) in [6.45, 7) is -0.854. The van der Waals surface area contributed by atoms with Crippen LogP contribution in [0.3, 0.4) is 0 Å². The molecule has 2 heterocycles. The van der Waals surface area contributed by atoms with E-state index in [1.807, 2.05) is 0 Å². The maximum atomic E-state index is 14.0. The SMILES string of the molecule is O=C(Nc1ccccc1F)C(=O)N1CCCC(C(=O)NC(CC2CCNC2=O)C(=O)COc2c(F)c(F)cc(F)c2F)C1. The van der Waals surface area contributed by atoms with E-state index in [4.69, 9.17) is 4.74 Å². The van der Waals surface area contributed by atoms with Crippen molar-refractivity contribution in [2.75, 3.05) is 31.6 Å². The molecular weight excluding hydrogens is 583 g/mol. The van der Waals surface area contributed by atoms with Crippen LogP contribution in [0, 0.1) is 40.9 Å². The first-order chi connectivity index (χ1) is 20.5. The Morgan fingerprint density at radius 1 is 1.00 bits per heavy atom. The third-order valence-corrected chi connectivity index (χ3v) is 7.21. The summed E-state index contributed by atoms with van der Waals surface area (Å²) in [7, 11) is 0. The minimum absolute atomic E-state index is 0.0249. The molecular formula is C28H27F5N4O6. The van der Waals surface area contributed by atoms with Gasteiger partial charge in [-0.25, -0.2) is 13.2 Å². The number of hydrogen-bond donors (Lipinski definition) is 3. The smallest absolute Gasteiger partial charge is 0.313 e. The fourth-order valence-corrected chi connectivity index (χ4v) is 4.89. The van der Waals surface area contributed by atoms with Crippen molar-refractivity contribution in [3.05, 3.63) is 59.4 Å². The van der Waals surface area contributed by atoms with Crippen molar-refractivity contribution in [1.82, 2.24) is 15.5 Å². The molecule has 15 heteroatoms. The van der Waals surface area contributed by atoms with Gasteiger partial charge in [0.1, 0.15) is 12.4 Å². The zero-order valence-corrected chi connectivity index (χ0v) is 22.6. The summed E-state index contributed by atoms with van der Waals surface area (Å²) < 4.78 is 73.7. The van der Waals surface area contributed by atoms with Gasteiger partial charge in [0.05, 0.1) is 17.6 Å². The fraction of sp³-hybridized carbons (Fsp3) is 0.393. The number of para-hydroxylation sites is 1. The van der Waals surface area contributed by atoms with E-state index >= 15 is 0 Å². The highest BCUT2D eigenvalue weighted by atomic mass is 19.2. The molecule has 4 amide bonds. The van der Waals surface area contributed by atoms with Gasteiger partial charge < -0.3 is 25.6 Å². The zero-order valence-electron chi connectivity index (χ0n) is 22.6. The van der Waals surface area contributed by atoms with Crippen molar-refractivity contribution in [2.24, 2.45) is 11.8 Å². The first-order valence-corrected chi connectivity index (χ1v) is 13.4. The third-order valence-electron chi connectivity index (χ3n) is 7.21. The molecule has 2 aromatic rings. The Hall–Kier alpha value is -4.56. The van der Waals surface area contributed by atoms with Gasteiger partial charge in [0, 0.05) is 31.6 Å². The largest absolute Gasteiger partial charge is 0.479 e. The van der Waals surface area contributed by atoms with Crippen LogP contribution in [0.2, 0.25) is 0 Å². The molecule has 230 valence electrons. The average molecular weight is 611 g/mol. The molecule has 0 saturated carbocycles. The number of ether oxygens (including phenoxy) is 1. The number of rotatable bonds is 9. The van der Waals surface area contributed by atoms with Crippen LogP contribution in [-0.2, 0) is 24.0 Å². The van der Waals surface area contributed by atoms with Crippen LogP contribution in [0.5, 0.6) is 5.75 Å². The molecule has 43 heavy (non-hydrogen) atoms. The van der Waals surface area contributed by atoms with E-state index in [9.17, 15) is 45.9 Å². The highest BCUT2D eigenvalue weighted by Crippen LogP contribution is 2.27. The normalized spacial score (nSPS) is 18.9. The number of nitrogens with one attached hydrogen (secondary N) is 3. The number of amides is 4. The summed E-state index contributed by atoms with van der Waals surface area (Å²) >= 11 is 0. The van der Waals surface area contributed by atoms with Crippen LogP contribution < -0.4 is 20.7 Å². The summed E-state index contributed by atoms with van der Waals surface area (Å²) in [5, 5.41) is 7.25. The first kappa shape index (κ1) is 31.4. The monoisotopic (exact) mass is 610 g/mol. The van der Waals surface area contributed by atoms with Crippen LogP contribution >= 0.6 is 0 Å². The van der Waals surface area contributed by atoms with Crippen molar-refractivity contribution in [2.45, 2.75) is 31.7 Å². The molecule has 0 radical (unpaired) electrons. The second kappa shape index (κ2) is 13.6. The van der Waals surface area contributed by atoms with Gasteiger partial charge in [0.2, 0.25) is 23.4 Å². The van der Waals surface area contributed by atoms with Gasteiger partial charge in [-0.3, -0.25) is 24.0 Å². The summed E-state index contributed by atoms with van der Waals surface area (Å²) in [6, 6.07) is 3.81. The predicted molar refractivity (Wildman–Crippen MR) is 139 cm³/mol.